The molecule has 0 spiro atoms. The lowest BCUT2D eigenvalue weighted by Gasteiger charge is -2.46. The van der Waals surface area contributed by atoms with Gasteiger partial charge < -0.3 is 4.74 Å². The molecule has 37 heavy (non-hydrogen) atoms. The third kappa shape index (κ3) is 3.72. The molecular weight excluding hydrogens is 458 g/mol. The van der Waals surface area contributed by atoms with Crippen molar-refractivity contribution < 1.29 is 14.3 Å². The Morgan fingerprint density at radius 3 is 2.03 bits per heavy atom. The minimum Gasteiger partial charge on any atom is -0.494 e. The van der Waals surface area contributed by atoms with E-state index in [-0.39, 0.29) is 35.5 Å². The molecule has 1 aliphatic heterocycles. The molecule has 3 aliphatic carbocycles. The molecule has 1 heterocycles. The highest BCUT2D eigenvalue weighted by atomic mass is 16.5. The predicted octanol–water partition coefficient (Wildman–Crippen LogP) is 7.17. The van der Waals surface area contributed by atoms with E-state index in [0.717, 1.165) is 31.4 Å². The Morgan fingerprint density at radius 1 is 0.784 bits per heavy atom. The van der Waals surface area contributed by atoms with E-state index < -0.39 is 0 Å². The van der Waals surface area contributed by atoms with Crippen molar-refractivity contribution in [2.45, 2.75) is 64.2 Å². The van der Waals surface area contributed by atoms with Crippen molar-refractivity contribution in [1.82, 2.24) is 0 Å². The number of amides is 2. The van der Waals surface area contributed by atoms with Crippen LogP contribution in [0, 0.1) is 11.8 Å². The van der Waals surface area contributed by atoms with E-state index in [4.69, 9.17) is 4.74 Å². The minimum absolute atomic E-state index is 0.0734. The molecule has 0 unspecified atom stereocenters. The minimum atomic E-state index is -0.364. The highest BCUT2D eigenvalue weighted by molar-refractivity contribution is 6.23. The summed E-state index contributed by atoms with van der Waals surface area (Å²) in [5.41, 5.74) is 6.82. The topological polar surface area (TPSA) is 46.6 Å². The van der Waals surface area contributed by atoms with E-state index in [1.54, 1.807) is 0 Å². The van der Waals surface area contributed by atoms with Crippen LogP contribution in [0.5, 0.6) is 5.75 Å². The van der Waals surface area contributed by atoms with Gasteiger partial charge in [0, 0.05) is 11.8 Å². The summed E-state index contributed by atoms with van der Waals surface area (Å²) in [5.74, 6) is 0.174. The monoisotopic (exact) mass is 493 g/mol. The maximum Gasteiger partial charge on any atom is 0.238 e. The van der Waals surface area contributed by atoms with Crippen LogP contribution in [-0.4, -0.2) is 18.4 Å². The zero-order chi connectivity index (χ0) is 25.7. The Bertz CT molecular complexity index is 1340. The zero-order valence-electron chi connectivity index (χ0n) is 21.9. The first-order chi connectivity index (χ1) is 18.0. The number of rotatable bonds is 8. The number of ether oxygens (including phenoxy) is 1. The molecule has 0 saturated carbocycles. The van der Waals surface area contributed by atoms with Gasteiger partial charge in [0.2, 0.25) is 11.8 Å². The number of carbonyl (C=O) groups excluding carboxylic acids is 2. The van der Waals surface area contributed by atoms with Crippen molar-refractivity contribution in [2.24, 2.45) is 11.8 Å². The van der Waals surface area contributed by atoms with E-state index in [1.165, 1.54) is 32.7 Å². The third-order valence-corrected chi connectivity index (χ3v) is 8.86. The Hall–Kier alpha value is -3.40. The number of anilines is 1. The normalized spacial score (nSPS) is 24.0. The number of benzene rings is 3. The molecule has 3 aromatic carbocycles. The van der Waals surface area contributed by atoms with Gasteiger partial charge in [-0.05, 0) is 70.8 Å². The lowest BCUT2D eigenvalue weighted by molar-refractivity contribution is -0.122. The maximum absolute atomic E-state index is 14.0. The van der Waals surface area contributed by atoms with Crippen molar-refractivity contribution in [3.8, 4) is 5.75 Å². The van der Waals surface area contributed by atoms with E-state index in [0.29, 0.717) is 18.2 Å². The van der Waals surface area contributed by atoms with Crippen molar-refractivity contribution in [2.75, 3.05) is 11.5 Å². The van der Waals surface area contributed by atoms with Gasteiger partial charge in [-0.15, -0.1) is 0 Å². The summed E-state index contributed by atoms with van der Waals surface area (Å²) in [5, 5.41) is 0. The SMILES string of the molecule is CCCCCOc1ccc(N2C(=O)[C@H]3[C@@H]4c5ccccc5[C@H](c5cc([C@@H](C)CC)ccc54)[C@@H]3C2=O)cc1. The molecule has 2 amide bonds. The Labute approximate surface area is 219 Å². The van der Waals surface area contributed by atoms with Gasteiger partial charge in [0.1, 0.15) is 5.75 Å². The lowest BCUT2D eigenvalue weighted by atomic mass is 9.54. The molecule has 0 radical (unpaired) electrons. The summed E-state index contributed by atoms with van der Waals surface area (Å²) in [6.45, 7) is 7.31. The van der Waals surface area contributed by atoms with Gasteiger partial charge in [0.05, 0.1) is 24.1 Å². The van der Waals surface area contributed by atoms with Crippen LogP contribution in [0.1, 0.15) is 92.0 Å². The van der Waals surface area contributed by atoms with Gasteiger partial charge in [-0.25, -0.2) is 4.90 Å². The average molecular weight is 494 g/mol. The van der Waals surface area contributed by atoms with Gasteiger partial charge in [0.25, 0.3) is 0 Å². The van der Waals surface area contributed by atoms with Crippen LogP contribution in [0.25, 0.3) is 0 Å². The summed E-state index contributed by atoms with van der Waals surface area (Å²) in [6.07, 6.45) is 4.38. The van der Waals surface area contributed by atoms with Crippen LogP contribution in [0.3, 0.4) is 0 Å². The molecule has 1 fully saturated rings. The van der Waals surface area contributed by atoms with Crippen LogP contribution in [0.4, 0.5) is 5.69 Å². The number of hydrogen-bond acceptors (Lipinski definition) is 3. The summed E-state index contributed by atoms with van der Waals surface area (Å²) in [6, 6.07) is 22.7. The predicted molar refractivity (Wildman–Crippen MR) is 146 cm³/mol. The van der Waals surface area contributed by atoms with Gasteiger partial charge in [-0.1, -0.05) is 76.1 Å². The van der Waals surface area contributed by atoms with Gasteiger partial charge in [0.15, 0.2) is 0 Å². The maximum atomic E-state index is 14.0. The molecule has 1 saturated heterocycles. The number of carbonyl (C=O) groups is 2. The summed E-state index contributed by atoms with van der Waals surface area (Å²) in [7, 11) is 0. The van der Waals surface area contributed by atoms with Crippen molar-refractivity contribution in [1.29, 1.82) is 0 Å². The van der Waals surface area contributed by atoms with Gasteiger partial charge in [-0.3, -0.25) is 9.59 Å². The third-order valence-electron chi connectivity index (χ3n) is 8.86. The fourth-order valence-electron chi connectivity index (χ4n) is 6.78. The summed E-state index contributed by atoms with van der Waals surface area (Å²) in [4.78, 5) is 29.5. The van der Waals surface area contributed by atoms with Gasteiger partial charge in [-0.2, -0.15) is 0 Å². The first-order valence-corrected chi connectivity index (χ1v) is 13.9. The van der Waals surface area contributed by atoms with E-state index in [9.17, 15) is 9.59 Å². The zero-order valence-corrected chi connectivity index (χ0v) is 21.9. The molecule has 4 nitrogen and oxygen atoms in total. The van der Waals surface area contributed by atoms with Crippen LogP contribution in [-0.2, 0) is 9.59 Å². The van der Waals surface area contributed by atoms with Crippen molar-refractivity contribution in [3.63, 3.8) is 0 Å². The van der Waals surface area contributed by atoms with Crippen LogP contribution in [0.15, 0.2) is 66.7 Å². The number of imide groups is 1. The average Bonchev–Trinajstić information content (AvgIpc) is 3.21. The Morgan fingerprint density at radius 2 is 1.41 bits per heavy atom. The molecule has 5 atom stereocenters. The summed E-state index contributed by atoms with van der Waals surface area (Å²) < 4.78 is 5.85. The lowest BCUT2D eigenvalue weighted by Crippen LogP contribution is -2.41. The van der Waals surface area contributed by atoms with E-state index >= 15 is 0 Å². The van der Waals surface area contributed by atoms with Crippen LogP contribution in [0.2, 0.25) is 0 Å². The second kappa shape index (κ2) is 9.48. The highest BCUT2D eigenvalue weighted by Gasteiger charge is 2.61. The van der Waals surface area contributed by atoms with E-state index in [1.807, 2.05) is 24.3 Å². The fraction of sp³-hybridized carbons (Fsp3) is 0.394. The quantitative estimate of drug-likeness (QED) is 0.247. The molecule has 190 valence electrons. The first kappa shape index (κ1) is 24.0. The van der Waals surface area contributed by atoms with Crippen molar-refractivity contribution in [3.05, 3.63) is 94.5 Å². The molecule has 0 N–H and O–H groups in total. The number of hydrogen-bond donors (Lipinski definition) is 0. The molecule has 2 bridgehead atoms. The standard InChI is InChI=1S/C33H35NO3/c1-4-6-9-18-37-23-15-13-22(14-16-23)34-32(35)30-28-24-10-7-8-11-25(24)29(31(30)33(34)36)27-19-21(20(3)5-2)12-17-26(27)28/h7-8,10-17,19-20,28-31H,4-6,9,18H2,1-3H3/t20-,28+,29+,30-,31-/m0/s1. The molecular formula is C33H35NO3. The summed E-state index contributed by atoms with van der Waals surface area (Å²) >= 11 is 0. The largest absolute Gasteiger partial charge is 0.494 e. The Kier molecular flexibility index (Phi) is 6.14. The second-order valence-electron chi connectivity index (χ2n) is 10.9. The van der Waals surface area contributed by atoms with Gasteiger partial charge >= 0.3 is 0 Å². The molecule has 4 aliphatic rings. The second-order valence-corrected chi connectivity index (χ2v) is 10.9. The molecule has 4 heteroatoms. The smallest absolute Gasteiger partial charge is 0.238 e. The fourth-order valence-corrected chi connectivity index (χ4v) is 6.78. The van der Waals surface area contributed by atoms with E-state index in [2.05, 4.69) is 63.2 Å². The number of nitrogens with zero attached hydrogens (tertiary/aromatic N) is 1. The van der Waals surface area contributed by atoms with Crippen LogP contribution < -0.4 is 9.64 Å². The molecule has 3 aromatic rings. The molecule has 7 rings (SSSR count). The highest BCUT2D eigenvalue weighted by Crippen LogP contribution is 2.61. The van der Waals surface area contributed by atoms with Crippen molar-refractivity contribution >= 4 is 17.5 Å². The number of unbranched alkanes of at least 4 members (excludes halogenated alkanes) is 2. The molecule has 0 aromatic heterocycles. The Balaban J connectivity index is 1.37. The van der Waals surface area contributed by atoms with Crippen LogP contribution >= 0.6 is 0 Å². The first-order valence-electron chi connectivity index (χ1n) is 13.9.